The van der Waals surface area contributed by atoms with Crippen molar-refractivity contribution in [2.75, 3.05) is 0 Å². The zero-order valence-corrected chi connectivity index (χ0v) is 10.4. The third kappa shape index (κ3) is 2.82. The summed E-state index contributed by atoms with van der Waals surface area (Å²) >= 11 is 5.81. The summed E-state index contributed by atoms with van der Waals surface area (Å²) < 4.78 is 38.1. The van der Waals surface area contributed by atoms with Gasteiger partial charge in [-0.15, -0.1) is 0 Å². The fourth-order valence-corrected chi connectivity index (χ4v) is 1.98. The Hall–Kier alpha value is -1.34. The van der Waals surface area contributed by atoms with Crippen molar-refractivity contribution in [3.63, 3.8) is 0 Å². The highest BCUT2D eigenvalue weighted by Crippen LogP contribution is 2.49. The van der Waals surface area contributed by atoms with Gasteiger partial charge in [0.2, 0.25) is 0 Å². The van der Waals surface area contributed by atoms with Crippen LogP contribution in [0, 0.1) is 10.1 Å². The summed E-state index contributed by atoms with van der Waals surface area (Å²) in [6.07, 6.45) is -4.21. The summed E-state index contributed by atoms with van der Waals surface area (Å²) in [5, 5.41) is 13.0. The average molecular weight is 295 g/mol. The van der Waals surface area contributed by atoms with Crippen molar-refractivity contribution in [3.05, 3.63) is 38.9 Å². The Labute approximate surface area is 111 Å². The van der Waals surface area contributed by atoms with E-state index >= 15 is 0 Å². The van der Waals surface area contributed by atoms with Gasteiger partial charge in [0.25, 0.3) is 5.69 Å². The zero-order valence-electron chi connectivity index (χ0n) is 9.63. The maximum atomic E-state index is 12.7. The molecule has 2 rings (SSSR count). The molecule has 0 atom stereocenters. The number of rotatable bonds is 4. The average Bonchev–Trinajstić information content (AvgIpc) is 3.07. The van der Waals surface area contributed by atoms with Crippen LogP contribution in [0.4, 0.5) is 18.9 Å². The largest absolute Gasteiger partial charge is 0.406 e. The summed E-state index contributed by atoms with van der Waals surface area (Å²) in [5.74, 6) is 0. The standard InChI is InChI=1S/C11H10ClF3N2O2/c12-9-5-8(17(18)19)2-1-7(9)6-16-10(3-4-10)11(13,14)15/h1-2,5,16H,3-4,6H2. The Morgan fingerprint density at radius 2 is 2.05 bits per heavy atom. The molecule has 1 fully saturated rings. The van der Waals surface area contributed by atoms with Gasteiger partial charge in [0.05, 0.1) is 9.95 Å². The maximum absolute atomic E-state index is 12.7. The lowest BCUT2D eigenvalue weighted by molar-refractivity contribution is -0.384. The molecule has 1 aliphatic carbocycles. The number of hydrogen-bond acceptors (Lipinski definition) is 3. The van der Waals surface area contributed by atoms with E-state index in [0.717, 1.165) is 6.07 Å². The molecule has 1 saturated carbocycles. The number of alkyl halides is 3. The summed E-state index contributed by atoms with van der Waals surface area (Å²) in [5.41, 5.74) is -1.61. The van der Waals surface area contributed by atoms with Gasteiger partial charge < -0.3 is 0 Å². The van der Waals surface area contributed by atoms with E-state index in [4.69, 9.17) is 11.6 Å². The first kappa shape index (κ1) is 14.1. The summed E-state index contributed by atoms with van der Waals surface area (Å²) in [4.78, 5) is 9.90. The summed E-state index contributed by atoms with van der Waals surface area (Å²) in [6.45, 7) is -0.0731. The lowest BCUT2D eigenvalue weighted by atomic mass is 10.1. The predicted molar refractivity (Wildman–Crippen MR) is 63.0 cm³/mol. The van der Waals surface area contributed by atoms with E-state index in [1.165, 1.54) is 12.1 Å². The minimum absolute atomic E-state index is 0.0428. The van der Waals surface area contributed by atoms with Crippen molar-refractivity contribution < 1.29 is 18.1 Å². The van der Waals surface area contributed by atoms with Crippen molar-refractivity contribution in [2.45, 2.75) is 31.1 Å². The highest BCUT2D eigenvalue weighted by Gasteiger charge is 2.62. The van der Waals surface area contributed by atoms with Crippen LogP contribution in [0.5, 0.6) is 0 Å². The molecule has 0 unspecified atom stereocenters. The van der Waals surface area contributed by atoms with Gasteiger partial charge in [-0.3, -0.25) is 15.4 Å². The monoisotopic (exact) mass is 294 g/mol. The third-order valence-electron chi connectivity index (χ3n) is 3.16. The predicted octanol–water partition coefficient (Wildman–Crippen LogP) is 3.43. The minimum atomic E-state index is -4.29. The van der Waals surface area contributed by atoms with E-state index < -0.39 is 16.6 Å². The van der Waals surface area contributed by atoms with Crippen molar-refractivity contribution in [1.29, 1.82) is 0 Å². The lowest BCUT2D eigenvalue weighted by Gasteiger charge is -2.21. The zero-order chi connectivity index (χ0) is 14.3. The van der Waals surface area contributed by atoms with Gasteiger partial charge in [-0.25, -0.2) is 0 Å². The quantitative estimate of drug-likeness (QED) is 0.683. The lowest BCUT2D eigenvalue weighted by Crippen LogP contribution is -2.44. The van der Waals surface area contributed by atoms with Gasteiger partial charge in [-0.05, 0) is 24.5 Å². The highest BCUT2D eigenvalue weighted by atomic mass is 35.5. The molecule has 104 valence electrons. The van der Waals surface area contributed by atoms with Crippen LogP contribution >= 0.6 is 11.6 Å². The van der Waals surface area contributed by atoms with E-state index in [2.05, 4.69) is 5.32 Å². The van der Waals surface area contributed by atoms with Crippen molar-refractivity contribution >= 4 is 17.3 Å². The molecule has 0 radical (unpaired) electrons. The Morgan fingerprint density at radius 3 is 2.47 bits per heavy atom. The molecule has 1 aromatic rings. The number of nitrogens with one attached hydrogen (secondary N) is 1. The van der Waals surface area contributed by atoms with E-state index in [1.54, 1.807) is 0 Å². The van der Waals surface area contributed by atoms with Crippen LogP contribution in [0.2, 0.25) is 5.02 Å². The molecule has 0 heterocycles. The summed E-state index contributed by atoms with van der Waals surface area (Å²) in [6, 6.07) is 3.71. The summed E-state index contributed by atoms with van der Waals surface area (Å²) in [7, 11) is 0. The molecule has 0 spiro atoms. The third-order valence-corrected chi connectivity index (χ3v) is 3.51. The van der Waals surface area contributed by atoms with Crippen LogP contribution in [-0.4, -0.2) is 16.6 Å². The molecule has 8 heteroatoms. The maximum Gasteiger partial charge on any atom is 0.406 e. The van der Waals surface area contributed by atoms with Gasteiger partial charge in [-0.1, -0.05) is 11.6 Å². The van der Waals surface area contributed by atoms with E-state index in [-0.39, 0.29) is 30.1 Å². The second-order valence-electron chi connectivity index (χ2n) is 4.47. The first-order chi connectivity index (χ1) is 8.75. The van der Waals surface area contributed by atoms with Crippen LogP contribution < -0.4 is 5.32 Å². The van der Waals surface area contributed by atoms with Crippen LogP contribution in [0.15, 0.2) is 18.2 Å². The molecule has 0 aliphatic heterocycles. The fourth-order valence-electron chi connectivity index (χ4n) is 1.74. The first-order valence-electron chi connectivity index (χ1n) is 5.50. The Morgan fingerprint density at radius 1 is 1.42 bits per heavy atom. The Bertz CT molecular complexity index is 515. The molecular formula is C11H10ClF3N2O2. The molecule has 19 heavy (non-hydrogen) atoms. The Kier molecular flexibility index (Phi) is 3.44. The van der Waals surface area contributed by atoms with E-state index in [1.807, 2.05) is 0 Å². The normalized spacial score (nSPS) is 17.3. The van der Waals surface area contributed by atoms with Gasteiger partial charge >= 0.3 is 6.18 Å². The van der Waals surface area contributed by atoms with E-state index in [0.29, 0.717) is 5.56 Å². The number of hydrogen-bond donors (Lipinski definition) is 1. The Balaban J connectivity index is 2.07. The SMILES string of the molecule is O=[N+]([O-])c1ccc(CNC2(C(F)(F)F)CC2)c(Cl)c1. The molecule has 4 nitrogen and oxygen atoms in total. The van der Waals surface area contributed by atoms with Crippen LogP contribution in [0.25, 0.3) is 0 Å². The van der Waals surface area contributed by atoms with E-state index in [9.17, 15) is 23.3 Å². The number of nitro benzene ring substituents is 1. The molecule has 1 aliphatic rings. The molecule has 1 N–H and O–H groups in total. The number of benzene rings is 1. The van der Waals surface area contributed by atoms with Crippen molar-refractivity contribution in [2.24, 2.45) is 0 Å². The minimum Gasteiger partial charge on any atom is -0.299 e. The highest BCUT2D eigenvalue weighted by molar-refractivity contribution is 6.31. The number of halogens is 4. The van der Waals surface area contributed by atoms with Gasteiger partial charge in [0.15, 0.2) is 0 Å². The van der Waals surface area contributed by atoms with Gasteiger partial charge in [0.1, 0.15) is 5.54 Å². The van der Waals surface area contributed by atoms with Gasteiger partial charge in [0, 0.05) is 18.7 Å². The molecule has 0 amide bonds. The molecule has 0 saturated heterocycles. The number of nitrogens with zero attached hydrogens (tertiary/aromatic N) is 1. The van der Waals surface area contributed by atoms with Crippen LogP contribution in [0.3, 0.4) is 0 Å². The van der Waals surface area contributed by atoms with Gasteiger partial charge in [-0.2, -0.15) is 13.2 Å². The first-order valence-corrected chi connectivity index (χ1v) is 5.87. The van der Waals surface area contributed by atoms with Crippen molar-refractivity contribution in [3.8, 4) is 0 Å². The van der Waals surface area contributed by atoms with Crippen LogP contribution in [0.1, 0.15) is 18.4 Å². The van der Waals surface area contributed by atoms with Crippen molar-refractivity contribution in [1.82, 2.24) is 5.32 Å². The second-order valence-corrected chi connectivity index (χ2v) is 4.87. The molecular weight excluding hydrogens is 285 g/mol. The molecule has 0 aromatic heterocycles. The number of nitro groups is 1. The smallest absolute Gasteiger partial charge is 0.299 e. The molecule has 0 bridgehead atoms. The van der Waals surface area contributed by atoms with Crippen LogP contribution in [-0.2, 0) is 6.54 Å². The topological polar surface area (TPSA) is 55.2 Å². The molecule has 1 aromatic carbocycles. The number of non-ortho nitro benzene ring substituents is 1. The second kappa shape index (κ2) is 4.64. The fraction of sp³-hybridized carbons (Fsp3) is 0.455.